The highest BCUT2D eigenvalue weighted by molar-refractivity contribution is 5.84. The first-order valence-corrected chi connectivity index (χ1v) is 6.49. The van der Waals surface area contributed by atoms with Crippen LogP contribution in [0, 0.1) is 13.8 Å². The third-order valence-corrected chi connectivity index (χ3v) is 3.48. The van der Waals surface area contributed by atoms with Gasteiger partial charge in [-0.3, -0.25) is 0 Å². The van der Waals surface area contributed by atoms with Crippen LogP contribution < -0.4 is 10.5 Å². The molecule has 20 heavy (non-hydrogen) atoms. The van der Waals surface area contributed by atoms with Crippen LogP contribution in [0.4, 0.5) is 5.69 Å². The Balaban J connectivity index is 2.20. The highest BCUT2D eigenvalue weighted by Crippen LogP contribution is 2.30. The summed E-state index contributed by atoms with van der Waals surface area (Å²) in [5.74, 6) is 1.60. The summed E-state index contributed by atoms with van der Waals surface area (Å²) in [4.78, 5) is 7.92. The van der Waals surface area contributed by atoms with Crippen LogP contribution in [-0.2, 0) is 0 Å². The van der Waals surface area contributed by atoms with Crippen LogP contribution in [0.1, 0.15) is 11.1 Å². The first-order chi connectivity index (χ1) is 9.58. The molecule has 0 spiro atoms. The standard InChI is InChI=1S/C16H17N3O/c1-9-6-10(2)15(17)12(7-9)16-18-13-5-4-11(20-3)8-14(13)19-16/h4-8H,17H2,1-3H3,(H,18,19). The van der Waals surface area contributed by atoms with Crippen LogP contribution in [-0.4, -0.2) is 17.1 Å². The van der Waals surface area contributed by atoms with Gasteiger partial charge in [0.25, 0.3) is 0 Å². The molecular weight excluding hydrogens is 250 g/mol. The van der Waals surface area contributed by atoms with Gasteiger partial charge in [-0.15, -0.1) is 0 Å². The second-order valence-corrected chi connectivity index (χ2v) is 5.01. The van der Waals surface area contributed by atoms with Crippen molar-refractivity contribution in [3.8, 4) is 17.1 Å². The van der Waals surface area contributed by atoms with Crippen molar-refractivity contribution < 1.29 is 4.74 Å². The smallest absolute Gasteiger partial charge is 0.140 e. The molecule has 1 aromatic heterocycles. The molecule has 3 rings (SSSR count). The molecule has 3 N–H and O–H groups in total. The number of rotatable bonds is 2. The average molecular weight is 267 g/mol. The Morgan fingerprint density at radius 3 is 2.70 bits per heavy atom. The van der Waals surface area contributed by atoms with Crippen LogP contribution >= 0.6 is 0 Å². The van der Waals surface area contributed by atoms with Crippen molar-refractivity contribution in [2.24, 2.45) is 0 Å². The lowest BCUT2D eigenvalue weighted by Gasteiger charge is -2.07. The van der Waals surface area contributed by atoms with Crippen LogP contribution in [0.3, 0.4) is 0 Å². The van der Waals surface area contributed by atoms with Crippen LogP contribution in [0.25, 0.3) is 22.4 Å². The zero-order valence-electron chi connectivity index (χ0n) is 11.8. The molecular formula is C16H17N3O. The Kier molecular flexibility index (Phi) is 2.86. The van der Waals surface area contributed by atoms with Gasteiger partial charge in [0.05, 0.1) is 18.1 Å². The number of aromatic nitrogens is 2. The zero-order chi connectivity index (χ0) is 14.3. The van der Waals surface area contributed by atoms with Gasteiger partial charge >= 0.3 is 0 Å². The van der Waals surface area contributed by atoms with E-state index in [1.54, 1.807) is 7.11 Å². The van der Waals surface area contributed by atoms with E-state index < -0.39 is 0 Å². The number of aromatic amines is 1. The lowest BCUT2D eigenvalue weighted by Crippen LogP contribution is -1.95. The van der Waals surface area contributed by atoms with Crippen molar-refractivity contribution >= 4 is 16.7 Å². The second-order valence-electron chi connectivity index (χ2n) is 5.01. The molecule has 1 heterocycles. The minimum absolute atomic E-state index is 0.765. The molecule has 0 amide bonds. The van der Waals surface area contributed by atoms with Gasteiger partial charge in [0, 0.05) is 17.3 Å². The van der Waals surface area contributed by atoms with E-state index in [9.17, 15) is 0 Å². The number of benzene rings is 2. The van der Waals surface area contributed by atoms with Crippen molar-refractivity contribution in [2.75, 3.05) is 12.8 Å². The number of nitrogens with zero attached hydrogens (tertiary/aromatic N) is 1. The molecule has 0 saturated heterocycles. The Morgan fingerprint density at radius 1 is 1.15 bits per heavy atom. The number of H-pyrrole nitrogens is 1. The van der Waals surface area contributed by atoms with Gasteiger partial charge in [-0.05, 0) is 43.2 Å². The molecule has 4 heteroatoms. The summed E-state index contributed by atoms with van der Waals surface area (Å²) >= 11 is 0. The summed E-state index contributed by atoms with van der Waals surface area (Å²) in [7, 11) is 1.65. The van der Waals surface area contributed by atoms with Crippen molar-refractivity contribution in [3.63, 3.8) is 0 Å². The molecule has 0 saturated carbocycles. The fourth-order valence-corrected chi connectivity index (χ4v) is 2.42. The maximum Gasteiger partial charge on any atom is 0.140 e. The predicted octanol–water partition coefficient (Wildman–Crippen LogP) is 3.44. The SMILES string of the molecule is COc1ccc2nc(-c3cc(C)cc(C)c3N)[nH]c2c1. The van der Waals surface area contributed by atoms with E-state index in [1.165, 1.54) is 5.56 Å². The molecule has 4 nitrogen and oxygen atoms in total. The topological polar surface area (TPSA) is 63.9 Å². The number of imidazole rings is 1. The summed E-state index contributed by atoms with van der Waals surface area (Å²) in [5, 5.41) is 0. The summed E-state index contributed by atoms with van der Waals surface area (Å²) in [6, 6.07) is 9.90. The van der Waals surface area contributed by atoms with Gasteiger partial charge in [-0.25, -0.2) is 4.98 Å². The monoisotopic (exact) mass is 267 g/mol. The summed E-state index contributed by atoms with van der Waals surface area (Å²) in [6.45, 7) is 4.07. The lowest BCUT2D eigenvalue weighted by atomic mass is 10.0. The van der Waals surface area contributed by atoms with E-state index in [0.29, 0.717) is 0 Å². The number of ether oxygens (including phenoxy) is 1. The molecule has 3 aromatic rings. The summed E-state index contributed by atoms with van der Waals surface area (Å²) in [5.41, 5.74) is 12.0. The normalized spacial score (nSPS) is 10.9. The maximum atomic E-state index is 6.18. The van der Waals surface area contributed by atoms with Gasteiger partial charge in [0.1, 0.15) is 11.6 Å². The fourth-order valence-electron chi connectivity index (χ4n) is 2.42. The predicted molar refractivity (Wildman–Crippen MR) is 82.0 cm³/mol. The Morgan fingerprint density at radius 2 is 1.95 bits per heavy atom. The van der Waals surface area contributed by atoms with Crippen molar-refractivity contribution in [2.45, 2.75) is 13.8 Å². The first kappa shape index (κ1) is 12.5. The van der Waals surface area contributed by atoms with Gasteiger partial charge in [0.2, 0.25) is 0 Å². The van der Waals surface area contributed by atoms with Crippen molar-refractivity contribution in [1.82, 2.24) is 9.97 Å². The van der Waals surface area contributed by atoms with Crippen molar-refractivity contribution in [3.05, 3.63) is 41.5 Å². The number of hydrogen-bond acceptors (Lipinski definition) is 3. The summed E-state index contributed by atoms with van der Waals surface area (Å²) < 4.78 is 5.23. The molecule has 0 radical (unpaired) electrons. The maximum absolute atomic E-state index is 6.18. The number of methoxy groups -OCH3 is 1. The van der Waals surface area contributed by atoms with E-state index >= 15 is 0 Å². The van der Waals surface area contributed by atoms with E-state index in [4.69, 9.17) is 10.5 Å². The zero-order valence-corrected chi connectivity index (χ0v) is 11.8. The van der Waals surface area contributed by atoms with Gasteiger partial charge in [-0.1, -0.05) is 6.07 Å². The van der Waals surface area contributed by atoms with Crippen LogP contribution in [0.15, 0.2) is 30.3 Å². The third-order valence-electron chi connectivity index (χ3n) is 3.48. The van der Waals surface area contributed by atoms with E-state index in [0.717, 1.165) is 39.4 Å². The van der Waals surface area contributed by atoms with Gasteiger partial charge in [0.15, 0.2) is 0 Å². The minimum atomic E-state index is 0.765. The molecule has 0 atom stereocenters. The number of fused-ring (bicyclic) bond motifs is 1. The molecule has 0 aliphatic heterocycles. The highest BCUT2D eigenvalue weighted by Gasteiger charge is 2.11. The minimum Gasteiger partial charge on any atom is -0.497 e. The van der Waals surface area contributed by atoms with Crippen LogP contribution in [0.5, 0.6) is 5.75 Å². The first-order valence-electron chi connectivity index (χ1n) is 6.49. The Hall–Kier alpha value is -2.49. The van der Waals surface area contributed by atoms with E-state index in [2.05, 4.69) is 29.0 Å². The van der Waals surface area contributed by atoms with Gasteiger partial charge < -0.3 is 15.5 Å². The molecule has 102 valence electrons. The average Bonchev–Trinajstić information content (AvgIpc) is 2.85. The van der Waals surface area contributed by atoms with Gasteiger partial charge in [-0.2, -0.15) is 0 Å². The molecule has 0 aliphatic carbocycles. The van der Waals surface area contributed by atoms with Crippen molar-refractivity contribution in [1.29, 1.82) is 0 Å². The molecule has 0 bridgehead atoms. The molecule has 0 aliphatic rings. The number of aryl methyl sites for hydroxylation is 2. The molecule has 0 fully saturated rings. The number of hydrogen-bond donors (Lipinski definition) is 2. The summed E-state index contributed by atoms with van der Waals surface area (Å²) in [6.07, 6.45) is 0. The quantitative estimate of drug-likeness (QED) is 0.699. The Bertz CT molecular complexity index is 790. The van der Waals surface area contributed by atoms with E-state index in [1.807, 2.05) is 25.1 Å². The second kappa shape index (κ2) is 4.56. The number of anilines is 1. The fraction of sp³-hybridized carbons (Fsp3) is 0.188. The highest BCUT2D eigenvalue weighted by atomic mass is 16.5. The van der Waals surface area contributed by atoms with Crippen LogP contribution in [0.2, 0.25) is 0 Å². The van der Waals surface area contributed by atoms with E-state index in [-0.39, 0.29) is 0 Å². The molecule has 0 unspecified atom stereocenters. The number of nitrogens with two attached hydrogens (primary N) is 1. The number of nitrogen functional groups attached to an aromatic ring is 1. The Labute approximate surface area is 117 Å². The molecule has 2 aromatic carbocycles. The number of nitrogens with one attached hydrogen (secondary N) is 1. The largest absolute Gasteiger partial charge is 0.497 e. The third kappa shape index (κ3) is 1.99. The lowest BCUT2D eigenvalue weighted by molar-refractivity contribution is 0.415.